The van der Waals surface area contributed by atoms with Crippen LogP contribution in [0.1, 0.15) is 11.1 Å². The standard InChI is InChI=1S/C24H20N6/c1-2-6-20(7-3-1)23-28-22-9-5-4-8-21(22)24(29-23)26-14-18-10-12-19(13-11-18)15-30-17-25-16-27-30/h1-13,16-17H,14-15H2,(H,26,28,29). The molecule has 0 aliphatic rings. The van der Waals surface area contributed by atoms with E-state index in [1.165, 1.54) is 11.1 Å². The van der Waals surface area contributed by atoms with Crippen LogP contribution in [0.15, 0.2) is 91.5 Å². The van der Waals surface area contributed by atoms with Crippen LogP contribution >= 0.6 is 0 Å². The van der Waals surface area contributed by atoms with Gasteiger partial charge in [-0.25, -0.2) is 19.6 Å². The number of anilines is 1. The molecule has 0 unspecified atom stereocenters. The molecule has 0 bridgehead atoms. The third kappa shape index (κ3) is 3.89. The van der Waals surface area contributed by atoms with E-state index in [0.717, 1.165) is 28.1 Å². The Morgan fingerprint density at radius 2 is 1.53 bits per heavy atom. The summed E-state index contributed by atoms with van der Waals surface area (Å²) in [7, 11) is 0. The van der Waals surface area contributed by atoms with Crippen molar-refractivity contribution < 1.29 is 0 Å². The summed E-state index contributed by atoms with van der Waals surface area (Å²) in [5.74, 6) is 1.56. The van der Waals surface area contributed by atoms with Gasteiger partial charge in [-0.2, -0.15) is 5.10 Å². The fraction of sp³-hybridized carbons (Fsp3) is 0.0833. The van der Waals surface area contributed by atoms with Crippen molar-refractivity contribution >= 4 is 16.7 Å². The minimum atomic E-state index is 0.679. The predicted octanol–water partition coefficient (Wildman–Crippen LogP) is 4.55. The van der Waals surface area contributed by atoms with Gasteiger partial charge in [-0.1, -0.05) is 66.7 Å². The topological polar surface area (TPSA) is 68.5 Å². The summed E-state index contributed by atoms with van der Waals surface area (Å²) in [5, 5.41) is 8.67. The molecule has 0 spiro atoms. The van der Waals surface area contributed by atoms with Gasteiger partial charge in [0.25, 0.3) is 0 Å². The Hall–Kier alpha value is -4.06. The molecule has 2 heterocycles. The fourth-order valence-electron chi connectivity index (χ4n) is 3.38. The summed E-state index contributed by atoms with van der Waals surface area (Å²) < 4.78 is 1.81. The molecule has 2 aromatic heterocycles. The highest BCUT2D eigenvalue weighted by molar-refractivity contribution is 5.90. The maximum Gasteiger partial charge on any atom is 0.162 e. The van der Waals surface area contributed by atoms with Crippen LogP contribution in [0.4, 0.5) is 5.82 Å². The highest BCUT2D eigenvalue weighted by Crippen LogP contribution is 2.25. The molecule has 0 saturated carbocycles. The van der Waals surface area contributed by atoms with Crippen molar-refractivity contribution in [2.75, 3.05) is 5.32 Å². The second-order valence-corrected chi connectivity index (χ2v) is 7.04. The molecule has 3 aromatic carbocycles. The van der Waals surface area contributed by atoms with E-state index in [-0.39, 0.29) is 0 Å². The highest BCUT2D eigenvalue weighted by atomic mass is 15.3. The molecule has 146 valence electrons. The largest absolute Gasteiger partial charge is 0.365 e. The van der Waals surface area contributed by atoms with Gasteiger partial charge < -0.3 is 5.32 Å². The number of hydrogen-bond donors (Lipinski definition) is 1. The van der Waals surface area contributed by atoms with Crippen LogP contribution in [0.2, 0.25) is 0 Å². The molecular formula is C24H20N6. The number of benzene rings is 3. The zero-order valence-electron chi connectivity index (χ0n) is 16.3. The number of hydrogen-bond acceptors (Lipinski definition) is 5. The lowest BCUT2D eigenvalue weighted by molar-refractivity contribution is 0.684. The van der Waals surface area contributed by atoms with Gasteiger partial charge in [0, 0.05) is 17.5 Å². The van der Waals surface area contributed by atoms with Gasteiger partial charge in [0.15, 0.2) is 5.82 Å². The van der Waals surface area contributed by atoms with Gasteiger partial charge >= 0.3 is 0 Å². The second kappa shape index (κ2) is 8.13. The lowest BCUT2D eigenvalue weighted by Crippen LogP contribution is -2.05. The van der Waals surface area contributed by atoms with E-state index in [1.807, 2.05) is 59.3 Å². The van der Waals surface area contributed by atoms with Crippen molar-refractivity contribution in [1.29, 1.82) is 0 Å². The average Bonchev–Trinajstić information content (AvgIpc) is 3.32. The maximum absolute atomic E-state index is 4.81. The van der Waals surface area contributed by atoms with E-state index < -0.39 is 0 Å². The summed E-state index contributed by atoms with van der Waals surface area (Å²) in [6.45, 7) is 1.39. The van der Waals surface area contributed by atoms with Crippen molar-refractivity contribution in [1.82, 2.24) is 24.7 Å². The molecule has 5 aromatic rings. The molecule has 1 N–H and O–H groups in total. The van der Waals surface area contributed by atoms with E-state index >= 15 is 0 Å². The number of para-hydroxylation sites is 1. The van der Waals surface area contributed by atoms with E-state index in [4.69, 9.17) is 9.97 Å². The zero-order chi connectivity index (χ0) is 20.2. The molecule has 0 amide bonds. The number of nitrogens with one attached hydrogen (secondary N) is 1. The van der Waals surface area contributed by atoms with E-state index in [9.17, 15) is 0 Å². The Morgan fingerprint density at radius 1 is 0.767 bits per heavy atom. The molecule has 30 heavy (non-hydrogen) atoms. The Labute approximate surface area is 174 Å². The SMILES string of the molecule is c1ccc(-c2nc(NCc3ccc(Cn4cncn4)cc3)c3ccccc3n2)cc1. The molecule has 0 fully saturated rings. The number of rotatable bonds is 6. The van der Waals surface area contributed by atoms with Crippen LogP contribution in [0.5, 0.6) is 0 Å². The Balaban J connectivity index is 1.38. The summed E-state index contributed by atoms with van der Waals surface area (Å²) in [6, 6.07) is 26.6. The van der Waals surface area contributed by atoms with Gasteiger partial charge in [-0.15, -0.1) is 0 Å². The monoisotopic (exact) mass is 392 g/mol. The quantitative estimate of drug-likeness (QED) is 0.459. The van der Waals surface area contributed by atoms with Crippen LogP contribution in [0, 0.1) is 0 Å². The molecule has 0 saturated heterocycles. The fourth-order valence-corrected chi connectivity index (χ4v) is 3.38. The molecule has 0 atom stereocenters. The van der Waals surface area contributed by atoms with Gasteiger partial charge in [-0.05, 0) is 23.3 Å². The first-order valence-corrected chi connectivity index (χ1v) is 9.81. The third-order valence-corrected chi connectivity index (χ3v) is 4.93. The first-order chi connectivity index (χ1) is 14.8. The second-order valence-electron chi connectivity index (χ2n) is 7.04. The molecule has 6 heteroatoms. The molecule has 0 radical (unpaired) electrons. The van der Waals surface area contributed by atoms with E-state index in [2.05, 4.69) is 39.7 Å². The van der Waals surface area contributed by atoms with E-state index in [1.54, 1.807) is 12.7 Å². The van der Waals surface area contributed by atoms with Crippen molar-refractivity contribution in [2.45, 2.75) is 13.1 Å². The first kappa shape index (κ1) is 18.0. The van der Waals surface area contributed by atoms with Crippen LogP contribution in [-0.4, -0.2) is 24.7 Å². The number of aromatic nitrogens is 5. The summed E-state index contributed by atoms with van der Waals surface area (Å²) in [6.07, 6.45) is 3.27. The summed E-state index contributed by atoms with van der Waals surface area (Å²) in [5.41, 5.74) is 4.30. The molecule has 5 rings (SSSR count). The summed E-state index contributed by atoms with van der Waals surface area (Å²) >= 11 is 0. The predicted molar refractivity (Wildman–Crippen MR) is 118 cm³/mol. The lowest BCUT2D eigenvalue weighted by atomic mass is 10.1. The normalized spacial score (nSPS) is 10.9. The smallest absolute Gasteiger partial charge is 0.162 e. The lowest BCUT2D eigenvalue weighted by Gasteiger charge is -2.11. The third-order valence-electron chi connectivity index (χ3n) is 4.93. The number of fused-ring (bicyclic) bond motifs is 1. The maximum atomic E-state index is 4.81. The van der Waals surface area contributed by atoms with Crippen molar-refractivity contribution in [3.63, 3.8) is 0 Å². The van der Waals surface area contributed by atoms with Crippen molar-refractivity contribution in [3.05, 3.63) is 103 Å². The summed E-state index contributed by atoms with van der Waals surface area (Å²) in [4.78, 5) is 13.5. The Kier molecular flexibility index (Phi) is 4.88. The van der Waals surface area contributed by atoms with Crippen LogP contribution in [0.3, 0.4) is 0 Å². The van der Waals surface area contributed by atoms with Gasteiger partial charge in [0.1, 0.15) is 18.5 Å². The average molecular weight is 392 g/mol. The van der Waals surface area contributed by atoms with Crippen LogP contribution < -0.4 is 5.32 Å². The minimum Gasteiger partial charge on any atom is -0.365 e. The molecule has 0 aliphatic heterocycles. The van der Waals surface area contributed by atoms with Crippen LogP contribution in [0.25, 0.3) is 22.3 Å². The minimum absolute atomic E-state index is 0.679. The van der Waals surface area contributed by atoms with Crippen molar-refractivity contribution in [2.24, 2.45) is 0 Å². The van der Waals surface area contributed by atoms with Crippen LogP contribution in [-0.2, 0) is 13.1 Å². The molecule has 0 aliphatic carbocycles. The molecule has 6 nitrogen and oxygen atoms in total. The Morgan fingerprint density at radius 3 is 2.33 bits per heavy atom. The van der Waals surface area contributed by atoms with Gasteiger partial charge in [0.05, 0.1) is 12.1 Å². The Bertz CT molecular complexity index is 1250. The van der Waals surface area contributed by atoms with Gasteiger partial charge in [-0.3, -0.25) is 0 Å². The highest BCUT2D eigenvalue weighted by Gasteiger charge is 2.09. The molecular weight excluding hydrogens is 372 g/mol. The van der Waals surface area contributed by atoms with E-state index in [0.29, 0.717) is 13.1 Å². The first-order valence-electron chi connectivity index (χ1n) is 9.81. The number of nitrogens with zero attached hydrogens (tertiary/aromatic N) is 5. The van der Waals surface area contributed by atoms with Gasteiger partial charge in [0.2, 0.25) is 0 Å². The van der Waals surface area contributed by atoms with Crippen molar-refractivity contribution in [3.8, 4) is 11.4 Å². The zero-order valence-corrected chi connectivity index (χ0v) is 16.3.